The van der Waals surface area contributed by atoms with Crippen LogP contribution in [0.4, 0.5) is 0 Å². The van der Waals surface area contributed by atoms with E-state index in [1.54, 1.807) is 18.2 Å². The van der Waals surface area contributed by atoms with Crippen molar-refractivity contribution in [2.45, 2.75) is 20.3 Å². The summed E-state index contributed by atoms with van der Waals surface area (Å²) in [6.45, 7) is 8.17. The fourth-order valence-corrected chi connectivity index (χ4v) is 1.75. The van der Waals surface area contributed by atoms with E-state index in [0.717, 1.165) is 23.3 Å². The maximum absolute atomic E-state index is 9.09. The monoisotopic (exact) mass is 272 g/mol. The molecule has 0 saturated carbocycles. The van der Waals surface area contributed by atoms with Gasteiger partial charge in [0.2, 0.25) is 0 Å². The minimum absolute atomic E-state index is 0.467. The van der Waals surface area contributed by atoms with Crippen molar-refractivity contribution >= 4 is 12.6 Å². The van der Waals surface area contributed by atoms with E-state index >= 15 is 0 Å². The van der Waals surface area contributed by atoms with Crippen LogP contribution in [0, 0.1) is 6.92 Å². The zero-order valence-electron chi connectivity index (χ0n) is 12.0. The van der Waals surface area contributed by atoms with Gasteiger partial charge in [-0.25, -0.2) is 0 Å². The third-order valence-corrected chi connectivity index (χ3v) is 2.91. The second-order valence-electron chi connectivity index (χ2n) is 4.47. The van der Waals surface area contributed by atoms with Crippen LogP contribution in [-0.4, -0.2) is 23.8 Å². The summed E-state index contributed by atoms with van der Waals surface area (Å²) >= 11 is 0. The molecule has 1 aromatic rings. The zero-order chi connectivity index (χ0) is 15.0. The molecule has 0 unspecified atom stereocenters. The van der Waals surface area contributed by atoms with Crippen LogP contribution >= 0.6 is 0 Å². The van der Waals surface area contributed by atoms with Crippen LogP contribution in [0.2, 0.25) is 0 Å². The van der Waals surface area contributed by atoms with Gasteiger partial charge in [-0.1, -0.05) is 43.0 Å². The van der Waals surface area contributed by atoms with Gasteiger partial charge in [0, 0.05) is 6.42 Å². The Balaban J connectivity index is 2.60. The third kappa shape index (κ3) is 5.07. The van der Waals surface area contributed by atoms with Crippen LogP contribution < -0.4 is 10.2 Å². The number of rotatable bonds is 7. The maximum Gasteiger partial charge on any atom is 0.488 e. The van der Waals surface area contributed by atoms with E-state index < -0.39 is 7.12 Å². The quantitative estimate of drug-likeness (QED) is 0.590. The fourth-order valence-electron chi connectivity index (χ4n) is 1.75. The lowest BCUT2D eigenvalue weighted by atomic mass is 9.79. The molecule has 0 fully saturated rings. The Hall–Kier alpha value is -1.78. The van der Waals surface area contributed by atoms with Gasteiger partial charge in [0.25, 0.3) is 0 Å². The molecule has 0 amide bonds. The number of hydrogen-bond donors (Lipinski definition) is 2. The van der Waals surface area contributed by atoms with Gasteiger partial charge in [-0.05, 0) is 36.5 Å². The molecule has 1 aromatic carbocycles. The number of hydrogen-bond acceptors (Lipinski definition) is 3. The normalized spacial score (nSPS) is 11.7. The summed E-state index contributed by atoms with van der Waals surface area (Å²) in [7, 11) is -1.45. The lowest BCUT2D eigenvalue weighted by Crippen LogP contribution is -2.29. The predicted molar refractivity (Wildman–Crippen MR) is 84.2 cm³/mol. The first kappa shape index (κ1) is 16.3. The molecule has 2 N–H and O–H groups in total. The Kier molecular flexibility index (Phi) is 6.84. The molecule has 0 aliphatic carbocycles. The molecule has 0 aliphatic rings. The predicted octanol–water partition coefficient (Wildman–Crippen LogP) is 2.13. The van der Waals surface area contributed by atoms with Crippen LogP contribution in [0.25, 0.3) is 0 Å². The minimum atomic E-state index is -1.45. The van der Waals surface area contributed by atoms with Gasteiger partial charge in [-0.15, -0.1) is 0 Å². The van der Waals surface area contributed by atoms with Crippen molar-refractivity contribution in [3.05, 3.63) is 60.2 Å². The topological polar surface area (TPSA) is 49.7 Å². The second-order valence-corrected chi connectivity index (χ2v) is 4.47. The van der Waals surface area contributed by atoms with Gasteiger partial charge in [0.1, 0.15) is 5.75 Å². The maximum atomic E-state index is 9.09. The summed E-state index contributed by atoms with van der Waals surface area (Å²) in [6, 6.07) is 5.12. The molecule has 0 radical (unpaired) electrons. The second kappa shape index (κ2) is 8.41. The molecule has 0 aromatic heterocycles. The van der Waals surface area contributed by atoms with E-state index in [2.05, 4.69) is 6.58 Å². The highest BCUT2D eigenvalue weighted by Crippen LogP contribution is 2.16. The molecular formula is C16H21BO3. The molecule has 0 saturated heterocycles. The number of allylic oxidation sites excluding steroid dienone is 4. The van der Waals surface area contributed by atoms with Crippen molar-refractivity contribution in [2.24, 2.45) is 0 Å². The average Bonchev–Trinajstić information content (AvgIpc) is 2.43. The number of ether oxygens (including phenoxy) is 1. The van der Waals surface area contributed by atoms with Crippen molar-refractivity contribution in [3.63, 3.8) is 0 Å². The van der Waals surface area contributed by atoms with Crippen LogP contribution in [0.1, 0.15) is 18.9 Å². The first-order valence-corrected chi connectivity index (χ1v) is 6.62. The van der Waals surface area contributed by atoms with Crippen molar-refractivity contribution in [3.8, 4) is 5.75 Å². The molecular weight excluding hydrogens is 251 g/mol. The summed E-state index contributed by atoms with van der Waals surface area (Å²) < 4.78 is 5.71. The van der Waals surface area contributed by atoms with Crippen molar-refractivity contribution in [1.29, 1.82) is 0 Å². The highest BCUT2D eigenvalue weighted by molar-refractivity contribution is 6.58. The van der Waals surface area contributed by atoms with Gasteiger partial charge in [-0.2, -0.15) is 0 Å². The van der Waals surface area contributed by atoms with Gasteiger partial charge < -0.3 is 14.8 Å². The van der Waals surface area contributed by atoms with Gasteiger partial charge in [0.05, 0.1) is 6.61 Å². The summed E-state index contributed by atoms with van der Waals surface area (Å²) in [5, 5.41) is 18.2. The zero-order valence-corrected chi connectivity index (χ0v) is 12.0. The van der Waals surface area contributed by atoms with E-state index in [-0.39, 0.29) is 0 Å². The van der Waals surface area contributed by atoms with Gasteiger partial charge in [0.15, 0.2) is 0 Å². The summed E-state index contributed by atoms with van der Waals surface area (Å²) in [6.07, 6.45) is 8.54. The molecule has 0 bridgehead atoms. The van der Waals surface area contributed by atoms with E-state index in [4.69, 9.17) is 14.8 Å². The van der Waals surface area contributed by atoms with Crippen LogP contribution in [0.15, 0.2) is 54.7 Å². The summed E-state index contributed by atoms with van der Waals surface area (Å²) in [4.78, 5) is 0. The average molecular weight is 272 g/mol. The third-order valence-electron chi connectivity index (χ3n) is 2.91. The van der Waals surface area contributed by atoms with Crippen molar-refractivity contribution < 1.29 is 14.8 Å². The Morgan fingerprint density at radius 2 is 2.15 bits per heavy atom. The molecule has 4 heteroatoms. The molecule has 0 heterocycles. The fraction of sp³-hybridized carbons (Fsp3) is 0.250. The Morgan fingerprint density at radius 1 is 1.40 bits per heavy atom. The highest BCUT2D eigenvalue weighted by atomic mass is 16.5. The van der Waals surface area contributed by atoms with E-state index in [1.165, 1.54) is 0 Å². The van der Waals surface area contributed by atoms with Crippen LogP contribution in [0.5, 0.6) is 5.75 Å². The Bertz CT molecular complexity index is 504. The minimum Gasteiger partial charge on any atom is -0.493 e. The molecule has 0 spiro atoms. The van der Waals surface area contributed by atoms with Crippen LogP contribution in [0.3, 0.4) is 0 Å². The largest absolute Gasteiger partial charge is 0.493 e. The first-order valence-electron chi connectivity index (χ1n) is 6.62. The molecule has 3 nitrogen and oxygen atoms in total. The lowest BCUT2D eigenvalue weighted by Gasteiger charge is -2.10. The molecule has 0 atom stereocenters. The number of aryl methyl sites for hydroxylation is 1. The van der Waals surface area contributed by atoms with Crippen LogP contribution in [-0.2, 0) is 0 Å². The van der Waals surface area contributed by atoms with Gasteiger partial charge >= 0.3 is 7.12 Å². The lowest BCUT2D eigenvalue weighted by molar-refractivity contribution is 0.320. The van der Waals surface area contributed by atoms with E-state index in [9.17, 15) is 0 Å². The standard InChI is InChI=1S/C16H21BO3/c1-4-6-7-14(5-2)10-11-20-16-9-8-15(17(18)19)12-13(16)3/h4-9,12,18-19H,2,10-11H2,1,3H3/b6-4-,14-7+. The Morgan fingerprint density at radius 3 is 2.70 bits per heavy atom. The molecule has 1 rings (SSSR count). The van der Waals surface area contributed by atoms with E-state index in [0.29, 0.717) is 12.1 Å². The SMILES string of the molecule is C=C/C(=C\C=C/C)CCOc1ccc(B(O)O)cc1C. The summed E-state index contributed by atoms with van der Waals surface area (Å²) in [5.41, 5.74) is 2.46. The Labute approximate surface area is 121 Å². The smallest absolute Gasteiger partial charge is 0.488 e. The van der Waals surface area contributed by atoms with Crippen molar-refractivity contribution in [1.82, 2.24) is 0 Å². The van der Waals surface area contributed by atoms with Crippen molar-refractivity contribution in [2.75, 3.05) is 6.61 Å². The number of benzene rings is 1. The van der Waals surface area contributed by atoms with E-state index in [1.807, 2.05) is 38.2 Å². The molecule has 0 aliphatic heterocycles. The first-order chi connectivity index (χ1) is 9.58. The summed E-state index contributed by atoms with van der Waals surface area (Å²) in [5.74, 6) is 0.754. The van der Waals surface area contributed by atoms with Gasteiger partial charge in [-0.3, -0.25) is 0 Å². The highest BCUT2D eigenvalue weighted by Gasteiger charge is 2.12. The molecule has 20 heavy (non-hydrogen) atoms. The molecule has 106 valence electrons.